The van der Waals surface area contributed by atoms with Crippen molar-refractivity contribution < 1.29 is 4.79 Å². The molecule has 6 nitrogen and oxygen atoms in total. The Morgan fingerprint density at radius 2 is 2.33 bits per heavy atom. The lowest BCUT2D eigenvalue weighted by molar-refractivity contribution is -0.115. The molecule has 2 aromatic rings. The van der Waals surface area contributed by atoms with Crippen molar-refractivity contribution in [2.75, 3.05) is 5.32 Å². The molecule has 0 saturated carbocycles. The molecule has 1 amide bonds. The first-order valence-corrected chi connectivity index (χ1v) is 9.69. The molecule has 0 unspecified atom stereocenters. The Morgan fingerprint density at radius 3 is 3.00 bits per heavy atom. The molecule has 2 aromatic heterocycles. The van der Waals surface area contributed by atoms with Crippen molar-refractivity contribution in [3.05, 3.63) is 22.3 Å². The van der Waals surface area contributed by atoms with Crippen molar-refractivity contribution >= 4 is 34.0 Å². The Kier molecular flexibility index (Phi) is 5.21. The minimum atomic E-state index is -0.265. The quantitative estimate of drug-likeness (QED) is 0.827. The highest BCUT2D eigenvalue weighted by molar-refractivity contribution is 8.00. The van der Waals surface area contributed by atoms with Gasteiger partial charge in [0.25, 0.3) is 0 Å². The van der Waals surface area contributed by atoms with Crippen molar-refractivity contribution in [1.82, 2.24) is 14.8 Å². The second-order valence-electron chi connectivity index (χ2n) is 5.76. The van der Waals surface area contributed by atoms with E-state index in [0.29, 0.717) is 22.1 Å². The lowest BCUT2D eigenvalue weighted by Gasteiger charge is -2.13. The highest BCUT2D eigenvalue weighted by Crippen LogP contribution is 2.38. The number of hydrogen-bond acceptors (Lipinski definition) is 6. The fourth-order valence-electron chi connectivity index (χ4n) is 2.79. The van der Waals surface area contributed by atoms with Crippen LogP contribution < -0.4 is 5.32 Å². The molecule has 0 spiro atoms. The molecular formula is C16H19N5OS2. The Balaban J connectivity index is 1.77. The largest absolute Gasteiger partial charge is 0.316 e. The first-order chi connectivity index (χ1) is 11.6. The van der Waals surface area contributed by atoms with Crippen LogP contribution in [0, 0.1) is 11.3 Å². The molecule has 8 heteroatoms. The molecule has 0 bridgehead atoms. The van der Waals surface area contributed by atoms with Gasteiger partial charge in [-0.05, 0) is 37.7 Å². The van der Waals surface area contributed by atoms with Crippen LogP contribution in [0.2, 0.25) is 0 Å². The average Bonchev–Trinajstić information content (AvgIpc) is 3.14. The van der Waals surface area contributed by atoms with Gasteiger partial charge in [0.15, 0.2) is 5.16 Å². The van der Waals surface area contributed by atoms with E-state index in [9.17, 15) is 10.1 Å². The standard InChI is InChI=1S/C16H19N5OS2/c1-3-12(24-16-20-18-9-21(16)2)14(22)19-15-11(8-17)10-6-4-5-7-13(10)23-15/h9,12H,3-7H2,1-2H3,(H,19,22)/t12-/m1/s1. The van der Waals surface area contributed by atoms with Crippen LogP contribution >= 0.6 is 23.1 Å². The monoisotopic (exact) mass is 361 g/mol. The summed E-state index contributed by atoms with van der Waals surface area (Å²) in [7, 11) is 1.86. The number of nitriles is 1. The van der Waals surface area contributed by atoms with Crippen molar-refractivity contribution in [3.8, 4) is 6.07 Å². The summed E-state index contributed by atoms with van der Waals surface area (Å²) >= 11 is 2.95. The summed E-state index contributed by atoms with van der Waals surface area (Å²) in [5.41, 5.74) is 1.79. The third-order valence-electron chi connectivity index (χ3n) is 4.10. The topological polar surface area (TPSA) is 83.6 Å². The molecule has 3 rings (SSSR count). The van der Waals surface area contributed by atoms with Gasteiger partial charge in [0.1, 0.15) is 17.4 Å². The Hall–Kier alpha value is -1.85. The first kappa shape index (κ1) is 17.0. The van der Waals surface area contributed by atoms with Crippen molar-refractivity contribution in [2.24, 2.45) is 7.05 Å². The van der Waals surface area contributed by atoms with Gasteiger partial charge in [-0.3, -0.25) is 4.79 Å². The fourth-order valence-corrected chi connectivity index (χ4v) is 4.93. The van der Waals surface area contributed by atoms with E-state index in [0.717, 1.165) is 31.2 Å². The maximum atomic E-state index is 12.7. The normalized spacial score (nSPS) is 14.7. The smallest absolute Gasteiger partial charge is 0.238 e. The van der Waals surface area contributed by atoms with Crippen molar-refractivity contribution in [3.63, 3.8) is 0 Å². The number of hydrogen-bond donors (Lipinski definition) is 1. The van der Waals surface area contributed by atoms with Crippen LogP contribution in [0.25, 0.3) is 0 Å². The van der Waals surface area contributed by atoms with E-state index >= 15 is 0 Å². The van der Waals surface area contributed by atoms with Gasteiger partial charge in [0.05, 0.1) is 10.8 Å². The zero-order chi connectivity index (χ0) is 17.1. The highest BCUT2D eigenvalue weighted by Gasteiger charge is 2.25. The van der Waals surface area contributed by atoms with E-state index in [2.05, 4.69) is 21.6 Å². The molecule has 126 valence electrons. The SMILES string of the molecule is CC[C@@H](Sc1nncn1C)C(=O)Nc1sc2c(c1C#N)CCCC2. The summed E-state index contributed by atoms with van der Waals surface area (Å²) in [5.74, 6) is -0.0828. The van der Waals surface area contributed by atoms with Crippen molar-refractivity contribution in [2.45, 2.75) is 49.4 Å². The second-order valence-corrected chi connectivity index (χ2v) is 8.03. The van der Waals surface area contributed by atoms with E-state index < -0.39 is 0 Å². The molecule has 2 heterocycles. The Labute approximate surface area is 149 Å². The van der Waals surface area contributed by atoms with Gasteiger partial charge in [0, 0.05) is 11.9 Å². The number of nitrogens with one attached hydrogen (secondary N) is 1. The molecule has 1 atom stereocenters. The average molecular weight is 361 g/mol. The van der Waals surface area contributed by atoms with E-state index in [1.54, 1.807) is 22.2 Å². The van der Waals surface area contributed by atoms with Crippen LogP contribution in [0.5, 0.6) is 0 Å². The molecule has 24 heavy (non-hydrogen) atoms. The molecule has 1 aliphatic rings. The summed E-state index contributed by atoms with van der Waals surface area (Å²) in [6.07, 6.45) is 6.52. The molecule has 1 aliphatic carbocycles. The molecule has 1 N–H and O–H groups in total. The summed E-state index contributed by atoms with van der Waals surface area (Å²) in [4.78, 5) is 13.9. The van der Waals surface area contributed by atoms with E-state index in [-0.39, 0.29) is 11.2 Å². The summed E-state index contributed by atoms with van der Waals surface area (Å²) < 4.78 is 1.80. The van der Waals surface area contributed by atoms with Gasteiger partial charge in [-0.15, -0.1) is 21.5 Å². The lowest BCUT2D eigenvalue weighted by atomic mass is 9.96. The molecule has 0 radical (unpaired) electrons. The minimum absolute atomic E-state index is 0.0828. The number of thiophene rings is 1. The third kappa shape index (κ3) is 3.32. The zero-order valence-electron chi connectivity index (χ0n) is 13.7. The number of aromatic nitrogens is 3. The molecule has 0 aromatic carbocycles. The van der Waals surface area contributed by atoms with Gasteiger partial charge < -0.3 is 9.88 Å². The Morgan fingerprint density at radius 1 is 1.54 bits per heavy atom. The number of nitrogens with zero attached hydrogens (tertiary/aromatic N) is 4. The van der Waals surface area contributed by atoms with Gasteiger partial charge in [-0.1, -0.05) is 18.7 Å². The number of aryl methyl sites for hydroxylation is 2. The molecule has 0 aliphatic heterocycles. The van der Waals surface area contributed by atoms with Gasteiger partial charge >= 0.3 is 0 Å². The third-order valence-corrected chi connectivity index (χ3v) is 6.72. The van der Waals surface area contributed by atoms with Crippen LogP contribution in [-0.4, -0.2) is 25.9 Å². The van der Waals surface area contributed by atoms with Crippen LogP contribution in [0.15, 0.2) is 11.5 Å². The summed E-state index contributed by atoms with van der Waals surface area (Å²) in [6.45, 7) is 1.97. The van der Waals surface area contributed by atoms with Gasteiger partial charge in [-0.2, -0.15) is 5.26 Å². The minimum Gasteiger partial charge on any atom is -0.316 e. The molecule has 0 saturated heterocycles. The second kappa shape index (κ2) is 7.36. The molecular weight excluding hydrogens is 342 g/mol. The number of rotatable bonds is 5. The van der Waals surface area contributed by atoms with Gasteiger partial charge in [-0.25, -0.2) is 0 Å². The van der Waals surface area contributed by atoms with Crippen LogP contribution in [0.4, 0.5) is 5.00 Å². The predicted molar refractivity (Wildman–Crippen MR) is 95.2 cm³/mol. The highest BCUT2D eigenvalue weighted by atomic mass is 32.2. The zero-order valence-corrected chi connectivity index (χ0v) is 15.3. The van der Waals surface area contributed by atoms with E-state index in [1.165, 1.54) is 16.6 Å². The molecule has 0 fully saturated rings. The maximum absolute atomic E-state index is 12.7. The first-order valence-electron chi connectivity index (χ1n) is 8.00. The summed E-state index contributed by atoms with van der Waals surface area (Å²) in [6, 6.07) is 2.28. The predicted octanol–water partition coefficient (Wildman–Crippen LogP) is 3.14. The number of carbonyl (C=O) groups excluding carboxylic acids is 1. The number of anilines is 1. The number of thioether (sulfide) groups is 1. The van der Waals surface area contributed by atoms with Gasteiger partial charge in [0.2, 0.25) is 5.91 Å². The summed E-state index contributed by atoms with van der Waals surface area (Å²) in [5, 5.41) is 21.5. The van der Waals surface area contributed by atoms with Crippen molar-refractivity contribution in [1.29, 1.82) is 5.26 Å². The maximum Gasteiger partial charge on any atom is 0.238 e. The lowest BCUT2D eigenvalue weighted by Crippen LogP contribution is -2.25. The number of fused-ring (bicyclic) bond motifs is 1. The Bertz CT molecular complexity index is 789. The number of amides is 1. The van der Waals surface area contributed by atoms with Crippen LogP contribution in [-0.2, 0) is 24.7 Å². The van der Waals surface area contributed by atoms with Crippen LogP contribution in [0.3, 0.4) is 0 Å². The van der Waals surface area contributed by atoms with E-state index in [1.807, 2.05) is 14.0 Å². The number of carbonyl (C=O) groups is 1. The fraction of sp³-hybridized carbons (Fsp3) is 0.500. The van der Waals surface area contributed by atoms with Crippen LogP contribution in [0.1, 0.15) is 42.2 Å². The van der Waals surface area contributed by atoms with E-state index in [4.69, 9.17) is 0 Å².